The molecule has 0 bridgehead atoms. The van der Waals surface area contributed by atoms with E-state index >= 15 is 0 Å². The molecule has 3 N–H and O–H groups in total. The smallest absolute Gasteiger partial charge is 0.326 e. The Bertz CT molecular complexity index is 1070. The van der Waals surface area contributed by atoms with Crippen LogP contribution in [0.15, 0.2) is 42.5 Å². The molecule has 1 atom stereocenters. The second-order valence-electron chi connectivity index (χ2n) is 7.42. The first-order valence-corrected chi connectivity index (χ1v) is 9.90. The van der Waals surface area contributed by atoms with Gasteiger partial charge in [0.2, 0.25) is 11.8 Å². The maximum absolute atomic E-state index is 12.8. The highest BCUT2D eigenvalue weighted by Crippen LogP contribution is 2.30. The Hall–Kier alpha value is -3.72. The molecule has 0 aromatic heterocycles. The molecule has 4 rings (SSSR count). The van der Waals surface area contributed by atoms with Crippen molar-refractivity contribution in [1.29, 1.82) is 0 Å². The Balaban J connectivity index is 1.45. The van der Waals surface area contributed by atoms with Crippen molar-refractivity contribution >= 4 is 29.4 Å². The van der Waals surface area contributed by atoms with Crippen LogP contribution in [0, 0.1) is 0 Å². The van der Waals surface area contributed by atoms with Crippen LogP contribution >= 0.6 is 0 Å². The Morgan fingerprint density at radius 2 is 1.90 bits per heavy atom. The van der Waals surface area contributed by atoms with Gasteiger partial charge >= 0.3 is 6.03 Å². The van der Waals surface area contributed by atoms with Crippen LogP contribution in [0.25, 0.3) is 0 Å². The van der Waals surface area contributed by atoms with E-state index in [0.717, 1.165) is 11.1 Å². The Labute approximate surface area is 178 Å². The lowest BCUT2D eigenvalue weighted by Crippen LogP contribution is -2.50. The summed E-state index contributed by atoms with van der Waals surface area (Å²) in [7, 11) is 1.49. The van der Waals surface area contributed by atoms with Gasteiger partial charge in [-0.15, -0.1) is 0 Å². The van der Waals surface area contributed by atoms with Crippen molar-refractivity contribution in [2.45, 2.75) is 32.0 Å². The summed E-state index contributed by atoms with van der Waals surface area (Å²) >= 11 is 0. The number of anilines is 1. The maximum Gasteiger partial charge on any atom is 0.326 e. The third-order valence-electron chi connectivity index (χ3n) is 5.49. The number of imide groups is 2. The first kappa shape index (κ1) is 20.5. The highest BCUT2D eigenvalue weighted by atomic mass is 16.5. The molecule has 31 heavy (non-hydrogen) atoms. The van der Waals surface area contributed by atoms with Crippen molar-refractivity contribution in [2.24, 2.45) is 0 Å². The van der Waals surface area contributed by atoms with Gasteiger partial charge in [-0.1, -0.05) is 24.3 Å². The zero-order valence-corrected chi connectivity index (χ0v) is 16.9. The number of carbonyl (C=O) groups is 4. The van der Waals surface area contributed by atoms with E-state index in [-0.39, 0.29) is 11.8 Å². The molecule has 5 amide bonds. The van der Waals surface area contributed by atoms with Gasteiger partial charge in [0.25, 0.3) is 5.91 Å². The highest BCUT2D eigenvalue weighted by Gasteiger charge is 2.36. The predicted molar refractivity (Wildman–Crippen MR) is 111 cm³/mol. The molecule has 2 aliphatic rings. The van der Waals surface area contributed by atoms with Gasteiger partial charge in [0.15, 0.2) is 0 Å². The molecule has 0 saturated carbocycles. The fourth-order valence-corrected chi connectivity index (χ4v) is 3.98. The highest BCUT2D eigenvalue weighted by molar-refractivity contribution is 6.09. The number of para-hydroxylation sites is 2. The lowest BCUT2D eigenvalue weighted by molar-refractivity contribution is -0.137. The van der Waals surface area contributed by atoms with Crippen molar-refractivity contribution < 1.29 is 23.9 Å². The number of benzene rings is 2. The van der Waals surface area contributed by atoms with Gasteiger partial charge in [-0.3, -0.25) is 29.9 Å². The summed E-state index contributed by atoms with van der Waals surface area (Å²) in [5, 5.41) is 7.32. The molecule has 1 unspecified atom stereocenters. The Morgan fingerprint density at radius 3 is 2.68 bits per heavy atom. The molecule has 0 aliphatic carbocycles. The van der Waals surface area contributed by atoms with Crippen LogP contribution in [0.5, 0.6) is 5.75 Å². The summed E-state index contributed by atoms with van der Waals surface area (Å²) in [6.07, 6.45) is 0.737. The Morgan fingerprint density at radius 1 is 1.10 bits per heavy atom. The number of amides is 5. The van der Waals surface area contributed by atoms with E-state index in [2.05, 4.69) is 16.0 Å². The molecule has 1 saturated heterocycles. The average molecular weight is 422 g/mol. The van der Waals surface area contributed by atoms with Gasteiger partial charge in [-0.25, -0.2) is 4.79 Å². The number of piperidine rings is 1. The molecule has 0 radical (unpaired) electrons. The molecule has 9 heteroatoms. The SMILES string of the molecule is COc1ccccc1NC(=O)NC(=O)c1cccc2c1CN(C1CCC(=O)NC1=O)C2. The number of nitrogens with zero attached hydrogens (tertiary/aromatic N) is 1. The quantitative estimate of drug-likeness (QED) is 0.647. The van der Waals surface area contributed by atoms with Crippen molar-refractivity contribution in [3.05, 3.63) is 59.2 Å². The van der Waals surface area contributed by atoms with Gasteiger partial charge in [0, 0.05) is 25.1 Å². The van der Waals surface area contributed by atoms with Crippen LogP contribution < -0.4 is 20.7 Å². The van der Waals surface area contributed by atoms with Crippen LogP contribution in [0.3, 0.4) is 0 Å². The second kappa shape index (κ2) is 8.57. The number of hydrogen-bond acceptors (Lipinski definition) is 6. The summed E-state index contributed by atoms with van der Waals surface area (Å²) < 4.78 is 5.19. The van der Waals surface area contributed by atoms with Crippen molar-refractivity contribution in [3.63, 3.8) is 0 Å². The molecule has 160 valence electrons. The minimum atomic E-state index is -0.674. The fraction of sp³-hybridized carbons (Fsp3) is 0.273. The number of carbonyl (C=O) groups excluding carboxylic acids is 4. The average Bonchev–Trinajstić information content (AvgIpc) is 3.17. The summed E-state index contributed by atoms with van der Waals surface area (Å²) in [6, 6.07) is 11.1. The van der Waals surface area contributed by atoms with E-state index in [0.29, 0.717) is 42.9 Å². The molecule has 0 spiro atoms. The second-order valence-corrected chi connectivity index (χ2v) is 7.42. The van der Waals surface area contributed by atoms with Gasteiger partial charge in [-0.2, -0.15) is 0 Å². The molecule has 2 aromatic rings. The van der Waals surface area contributed by atoms with Crippen LogP contribution in [-0.2, 0) is 22.7 Å². The van der Waals surface area contributed by atoms with E-state index in [1.807, 2.05) is 11.0 Å². The summed E-state index contributed by atoms with van der Waals surface area (Å²) in [5.74, 6) is -0.634. The largest absolute Gasteiger partial charge is 0.495 e. The molecular weight excluding hydrogens is 400 g/mol. The van der Waals surface area contributed by atoms with Gasteiger partial charge in [0.1, 0.15) is 5.75 Å². The molecule has 2 aliphatic heterocycles. The summed E-state index contributed by atoms with van der Waals surface area (Å²) in [4.78, 5) is 50.7. The first-order valence-electron chi connectivity index (χ1n) is 9.90. The van der Waals surface area contributed by atoms with Crippen molar-refractivity contribution in [3.8, 4) is 5.75 Å². The Kier molecular flexibility index (Phi) is 5.68. The van der Waals surface area contributed by atoms with Crippen molar-refractivity contribution in [1.82, 2.24) is 15.5 Å². The normalized spacial score (nSPS) is 18.2. The molecule has 2 aromatic carbocycles. The molecule has 1 fully saturated rings. The van der Waals surface area contributed by atoms with E-state index < -0.39 is 18.0 Å². The van der Waals surface area contributed by atoms with Crippen molar-refractivity contribution in [2.75, 3.05) is 12.4 Å². The van der Waals surface area contributed by atoms with E-state index in [9.17, 15) is 19.2 Å². The number of methoxy groups -OCH3 is 1. The van der Waals surface area contributed by atoms with Gasteiger partial charge in [-0.05, 0) is 35.7 Å². The van der Waals surface area contributed by atoms with E-state index in [4.69, 9.17) is 4.74 Å². The molecule has 9 nitrogen and oxygen atoms in total. The number of fused-ring (bicyclic) bond motifs is 1. The standard InChI is InChI=1S/C22H22N4O5/c1-31-18-8-3-2-7-16(18)23-22(30)25-20(28)14-6-4-5-13-11-26(12-15(13)14)17-9-10-19(27)24-21(17)29/h2-8,17H,9-12H2,1H3,(H,24,27,29)(H2,23,25,28,30). The lowest BCUT2D eigenvalue weighted by Gasteiger charge is -2.29. The van der Waals surface area contributed by atoms with Gasteiger partial charge in [0.05, 0.1) is 18.8 Å². The minimum Gasteiger partial charge on any atom is -0.495 e. The van der Waals surface area contributed by atoms with Crippen LogP contribution in [0.4, 0.5) is 10.5 Å². The van der Waals surface area contributed by atoms with Crippen LogP contribution in [0.1, 0.15) is 34.3 Å². The zero-order valence-electron chi connectivity index (χ0n) is 16.9. The third-order valence-corrected chi connectivity index (χ3v) is 5.49. The number of urea groups is 1. The van der Waals surface area contributed by atoms with Crippen LogP contribution in [-0.4, -0.2) is 41.8 Å². The first-order chi connectivity index (χ1) is 15.0. The summed E-state index contributed by atoms with van der Waals surface area (Å²) in [5.41, 5.74) is 2.51. The monoisotopic (exact) mass is 422 g/mol. The van der Waals surface area contributed by atoms with E-state index in [1.54, 1.807) is 36.4 Å². The molecule has 2 heterocycles. The number of ether oxygens (including phenoxy) is 1. The lowest BCUT2D eigenvalue weighted by atomic mass is 10.0. The molecular formula is C22H22N4O5. The van der Waals surface area contributed by atoms with Crippen LogP contribution in [0.2, 0.25) is 0 Å². The topological polar surface area (TPSA) is 117 Å². The third kappa shape index (κ3) is 4.26. The predicted octanol–water partition coefficient (Wildman–Crippen LogP) is 1.78. The summed E-state index contributed by atoms with van der Waals surface area (Å²) in [6.45, 7) is 0.884. The minimum absolute atomic E-state index is 0.265. The van der Waals surface area contributed by atoms with E-state index in [1.165, 1.54) is 7.11 Å². The number of rotatable bonds is 4. The number of hydrogen-bond donors (Lipinski definition) is 3. The maximum atomic E-state index is 12.8. The number of nitrogens with one attached hydrogen (secondary N) is 3. The zero-order chi connectivity index (χ0) is 22.0. The fourth-order valence-electron chi connectivity index (χ4n) is 3.98. The van der Waals surface area contributed by atoms with Gasteiger partial charge < -0.3 is 10.1 Å².